The minimum atomic E-state index is 0.202. The van der Waals surface area contributed by atoms with Gasteiger partial charge in [0.05, 0.1) is 12.7 Å². The van der Waals surface area contributed by atoms with Crippen LogP contribution in [0.15, 0.2) is 0 Å². The van der Waals surface area contributed by atoms with Crippen LogP contribution < -0.4 is 5.32 Å². The van der Waals surface area contributed by atoms with Gasteiger partial charge in [0.1, 0.15) is 0 Å². The molecule has 0 amide bonds. The maximum absolute atomic E-state index is 5.41. The third-order valence-electron chi connectivity index (χ3n) is 3.17. The monoisotopic (exact) mass is 230 g/mol. The number of nitrogens with one attached hydrogen (secondary N) is 1. The van der Waals surface area contributed by atoms with Crippen LogP contribution in [0, 0.1) is 0 Å². The van der Waals surface area contributed by atoms with Gasteiger partial charge in [-0.25, -0.2) is 0 Å². The van der Waals surface area contributed by atoms with E-state index in [1.807, 2.05) is 0 Å². The molecular weight excluding hydrogens is 204 g/mol. The normalized spacial score (nSPS) is 26.1. The highest BCUT2D eigenvalue weighted by Gasteiger charge is 2.16. The summed E-state index contributed by atoms with van der Waals surface area (Å²) in [7, 11) is 3.49. The second-order valence-electron chi connectivity index (χ2n) is 4.61. The molecular formula is C12H26N2O2. The van der Waals surface area contributed by atoms with Gasteiger partial charge in [0.2, 0.25) is 0 Å². The maximum Gasteiger partial charge on any atom is 0.0931 e. The Morgan fingerprint density at radius 2 is 2.19 bits per heavy atom. The van der Waals surface area contributed by atoms with Gasteiger partial charge in [-0.3, -0.25) is 0 Å². The van der Waals surface area contributed by atoms with Crippen LogP contribution in [0.4, 0.5) is 0 Å². The lowest BCUT2D eigenvalue weighted by molar-refractivity contribution is 0.00450. The molecule has 0 aromatic carbocycles. The van der Waals surface area contributed by atoms with E-state index >= 15 is 0 Å². The van der Waals surface area contributed by atoms with Crippen molar-refractivity contribution in [3.8, 4) is 0 Å². The lowest BCUT2D eigenvalue weighted by Gasteiger charge is -2.30. The fourth-order valence-corrected chi connectivity index (χ4v) is 2.09. The number of hydrogen-bond donors (Lipinski definition) is 1. The fraction of sp³-hybridized carbons (Fsp3) is 1.00. The molecule has 2 unspecified atom stereocenters. The van der Waals surface area contributed by atoms with Gasteiger partial charge >= 0.3 is 0 Å². The molecule has 0 saturated carbocycles. The zero-order chi connectivity index (χ0) is 11.8. The Morgan fingerprint density at radius 3 is 2.88 bits per heavy atom. The van der Waals surface area contributed by atoms with E-state index in [0.29, 0.717) is 12.6 Å². The van der Waals surface area contributed by atoms with Crippen molar-refractivity contribution in [2.24, 2.45) is 0 Å². The number of ether oxygens (including phenoxy) is 2. The molecule has 1 fully saturated rings. The molecule has 96 valence electrons. The molecule has 1 rings (SSSR count). The zero-order valence-electron chi connectivity index (χ0n) is 10.9. The SMILES string of the molecule is COCC(CN1CCCNC(C)CC1)OC. The first kappa shape index (κ1) is 13.9. The largest absolute Gasteiger partial charge is 0.382 e. The Kier molecular flexibility index (Phi) is 6.96. The van der Waals surface area contributed by atoms with E-state index in [1.54, 1.807) is 14.2 Å². The molecule has 1 N–H and O–H groups in total. The lowest BCUT2D eigenvalue weighted by Crippen LogP contribution is -2.42. The minimum absolute atomic E-state index is 0.202. The molecule has 1 aliphatic heterocycles. The zero-order valence-corrected chi connectivity index (χ0v) is 10.9. The summed E-state index contributed by atoms with van der Waals surface area (Å²) in [5.74, 6) is 0. The highest BCUT2D eigenvalue weighted by Crippen LogP contribution is 2.04. The second kappa shape index (κ2) is 8.01. The highest BCUT2D eigenvalue weighted by molar-refractivity contribution is 4.72. The molecule has 2 atom stereocenters. The molecule has 16 heavy (non-hydrogen) atoms. The second-order valence-corrected chi connectivity index (χ2v) is 4.61. The standard InChI is InChI=1S/C12H26N2O2/c1-11-5-8-14(7-4-6-13-11)9-12(16-3)10-15-2/h11-13H,4-10H2,1-3H3. The van der Waals surface area contributed by atoms with Crippen molar-refractivity contribution in [1.82, 2.24) is 10.2 Å². The van der Waals surface area contributed by atoms with Gasteiger partial charge in [-0.05, 0) is 39.4 Å². The van der Waals surface area contributed by atoms with Gasteiger partial charge < -0.3 is 19.7 Å². The van der Waals surface area contributed by atoms with E-state index in [0.717, 1.165) is 26.2 Å². The predicted molar refractivity (Wildman–Crippen MR) is 65.8 cm³/mol. The molecule has 0 aliphatic carbocycles. The summed E-state index contributed by atoms with van der Waals surface area (Å²) in [5, 5.41) is 3.51. The molecule has 0 radical (unpaired) electrons. The predicted octanol–water partition coefficient (Wildman–Crippen LogP) is 0.722. The number of nitrogens with zero attached hydrogens (tertiary/aromatic N) is 1. The summed E-state index contributed by atoms with van der Waals surface area (Å²) in [5.41, 5.74) is 0. The molecule has 4 heteroatoms. The number of hydrogen-bond acceptors (Lipinski definition) is 4. The summed E-state index contributed by atoms with van der Waals surface area (Å²) >= 11 is 0. The van der Waals surface area contributed by atoms with Crippen molar-refractivity contribution >= 4 is 0 Å². The third kappa shape index (κ3) is 5.25. The molecule has 1 heterocycles. The number of methoxy groups -OCH3 is 2. The van der Waals surface area contributed by atoms with Crippen LogP contribution in [-0.2, 0) is 9.47 Å². The summed E-state index contributed by atoms with van der Waals surface area (Å²) in [4.78, 5) is 2.49. The Hall–Kier alpha value is -0.160. The van der Waals surface area contributed by atoms with Crippen LogP contribution in [0.1, 0.15) is 19.8 Å². The van der Waals surface area contributed by atoms with Crippen molar-refractivity contribution in [3.05, 3.63) is 0 Å². The topological polar surface area (TPSA) is 33.7 Å². The average molecular weight is 230 g/mol. The Labute approximate surface area is 99.3 Å². The van der Waals surface area contributed by atoms with Crippen molar-refractivity contribution in [3.63, 3.8) is 0 Å². The first-order chi connectivity index (χ1) is 7.76. The van der Waals surface area contributed by atoms with Gasteiger partial charge in [-0.15, -0.1) is 0 Å². The van der Waals surface area contributed by atoms with Crippen LogP contribution in [0.2, 0.25) is 0 Å². The Morgan fingerprint density at radius 1 is 1.38 bits per heavy atom. The van der Waals surface area contributed by atoms with Crippen LogP contribution in [0.5, 0.6) is 0 Å². The van der Waals surface area contributed by atoms with Crippen LogP contribution in [0.25, 0.3) is 0 Å². The molecule has 1 saturated heterocycles. The van der Waals surface area contributed by atoms with E-state index in [9.17, 15) is 0 Å². The fourth-order valence-electron chi connectivity index (χ4n) is 2.09. The molecule has 4 nitrogen and oxygen atoms in total. The van der Waals surface area contributed by atoms with E-state index in [4.69, 9.17) is 9.47 Å². The van der Waals surface area contributed by atoms with Crippen LogP contribution in [0.3, 0.4) is 0 Å². The molecule has 0 aromatic rings. The van der Waals surface area contributed by atoms with E-state index in [1.165, 1.54) is 12.8 Å². The van der Waals surface area contributed by atoms with Gasteiger partial charge in [-0.2, -0.15) is 0 Å². The summed E-state index contributed by atoms with van der Waals surface area (Å²) in [6.45, 7) is 7.35. The Balaban J connectivity index is 2.32. The van der Waals surface area contributed by atoms with Gasteiger partial charge in [0, 0.05) is 26.8 Å². The van der Waals surface area contributed by atoms with Gasteiger partial charge in [0.25, 0.3) is 0 Å². The van der Waals surface area contributed by atoms with E-state index in [2.05, 4.69) is 17.1 Å². The lowest BCUT2D eigenvalue weighted by atomic mass is 10.1. The van der Waals surface area contributed by atoms with Crippen molar-refractivity contribution in [2.45, 2.75) is 31.9 Å². The third-order valence-corrected chi connectivity index (χ3v) is 3.17. The molecule has 0 aromatic heterocycles. The smallest absolute Gasteiger partial charge is 0.0931 e. The quantitative estimate of drug-likeness (QED) is 0.754. The van der Waals surface area contributed by atoms with Gasteiger partial charge in [-0.1, -0.05) is 0 Å². The van der Waals surface area contributed by atoms with Crippen molar-refractivity contribution < 1.29 is 9.47 Å². The first-order valence-electron chi connectivity index (χ1n) is 6.23. The van der Waals surface area contributed by atoms with Gasteiger partial charge in [0.15, 0.2) is 0 Å². The Bertz CT molecular complexity index is 178. The summed E-state index contributed by atoms with van der Waals surface area (Å²) in [6, 6.07) is 0.631. The molecule has 0 bridgehead atoms. The minimum Gasteiger partial charge on any atom is -0.382 e. The molecule has 1 aliphatic rings. The van der Waals surface area contributed by atoms with Crippen molar-refractivity contribution in [1.29, 1.82) is 0 Å². The average Bonchev–Trinajstić information content (AvgIpc) is 2.27. The number of rotatable bonds is 5. The summed E-state index contributed by atoms with van der Waals surface area (Å²) < 4.78 is 10.6. The van der Waals surface area contributed by atoms with E-state index < -0.39 is 0 Å². The molecule has 0 spiro atoms. The van der Waals surface area contributed by atoms with E-state index in [-0.39, 0.29) is 6.10 Å². The van der Waals surface area contributed by atoms with Crippen LogP contribution >= 0.6 is 0 Å². The highest BCUT2D eigenvalue weighted by atomic mass is 16.5. The van der Waals surface area contributed by atoms with Crippen molar-refractivity contribution in [2.75, 3.05) is 47.0 Å². The summed E-state index contributed by atoms with van der Waals surface area (Å²) in [6.07, 6.45) is 2.63. The maximum atomic E-state index is 5.41. The first-order valence-corrected chi connectivity index (χ1v) is 6.23. The van der Waals surface area contributed by atoms with Crippen LogP contribution in [-0.4, -0.2) is 64.1 Å².